The van der Waals surface area contributed by atoms with Gasteiger partial charge in [-0.1, -0.05) is 60.7 Å². The van der Waals surface area contributed by atoms with Gasteiger partial charge in [-0.2, -0.15) is 0 Å². The van der Waals surface area contributed by atoms with Crippen molar-refractivity contribution in [2.45, 2.75) is 11.8 Å². The standard InChI is InChI=1S/C18H21N3O2/c1-19-12-13-21-16(22)18(20-17(21)23,14-8-4-2-5-9-14)15-10-6-3-7-11-15/h2-11,16,19,22H,12-13H2,1H3,(H,20,23). The molecule has 0 aliphatic carbocycles. The van der Waals surface area contributed by atoms with Crippen molar-refractivity contribution < 1.29 is 9.90 Å². The third kappa shape index (κ3) is 2.58. The van der Waals surface area contributed by atoms with Gasteiger partial charge in [0.25, 0.3) is 0 Å². The highest BCUT2D eigenvalue weighted by atomic mass is 16.3. The van der Waals surface area contributed by atoms with Crippen LogP contribution < -0.4 is 10.6 Å². The molecule has 3 rings (SSSR count). The minimum absolute atomic E-state index is 0.263. The first kappa shape index (κ1) is 15.5. The minimum Gasteiger partial charge on any atom is -0.370 e. The summed E-state index contributed by atoms with van der Waals surface area (Å²) in [6, 6.07) is 18.9. The Labute approximate surface area is 135 Å². The normalized spacial score (nSPS) is 19.7. The van der Waals surface area contributed by atoms with Crippen LogP contribution in [0.15, 0.2) is 60.7 Å². The van der Waals surface area contributed by atoms with Crippen LogP contribution in [0.25, 0.3) is 0 Å². The Kier molecular flexibility index (Phi) is 4.32. The van der Waals surface area contributed by atoms with Gasteiger partial charge in [-0.15, -0.1) is 0 Å². The second kappa shape index (κ2) is 6.40. The molecule has 3 N–H and O–H groups in total. The Morgan fingerprint density at radius 2 is 1.61 bits per heavy atom. The summed E-state index contributed by atoms with van der Waals surface area (Å²) in [5.41, 5.74) is 0.755. The van der Waals surface area contributed by atoms with E-state index in [9.17, 15) is 9.90 Å². The number of hydrogen-bond acceptors (Lipinski definition) is 3. The number of aliphatic hydroxyl groups is 1. The number of aliphatic hydroxyl groups excluding tert-OH is 1. The van der Waals surface area contributed by atoms with Crippen molar-refractivity contribution in [1.82, 2.24) is 15.5 Å². The van der Waals surface area contributed by atoms with E-state index in [2.05, 4.69) is 10.6 Å². The van der Waals surface area contributed by atoms with E-state index in [1.807, 2.05) is 67.7 Å². The summed E-state index contributed by atoms with van der Waals surface area (Å²) in [5, 5.41) is 17.0. The Bertz CT molecular complexity index is 621. The lowest BCUT2D eigenvalue weighted by atomic mass is 9.82. The molecule has 0 bridgehead atoms. The second-order valence-electron chi connectivity index (χ2n) is 5.64. The summed E-state index contributed by atoms with van der Waals surface area (Å²) < 4.78 is 0. The first-order valence-corrected chi connectivity index (χ1v) is 7.72. The third-order valence-electron chi connectivity index (χ3n) is 4.31. The number of rotatable bonds is 5. The number of amides is 2. The molecule has 23 heavy (non-hydrogen) atoms. The molecule has 0 saturated carbocycles. The Morgan fingerprint density at radius 1 is 1.09 bits per heavy atom. The lowest BCUT2D eigenvalue weighted by molar-refractivity contribution is 0.0153. The molecule has 1 fully saturated rings. The molecule has 120 valence electrons. The highest BCUT2D eigenvalue weighted by molar-refractivity contribution is 5.80. The average Bonchev–Trinajstić information content (AvgIpc) is 2.86. The zero-order chi connectivity index (χ0) is 16.3. The van der Waals surface area contributed by atoms with Crippen LogP contribution in [-0.2, 0) is 5.54 Å². The van der Waals surface area contributed by atoms with Gasteiger partial charge in [-0.05, 0) is 18.2 Å². The van der Waals surface area contributed by atoms with Crippen molar-refractivity contribution in [2.24, 2.45) is 0 Å². The van der Waals surface area contributed by atoms with Crippen LogP contribution in [0.4, 0.5) is 4.79 Å². The van der Waals surface area contributed by atoms with Gasteiger partial charge in [0.15, 0.2) is 6.23 Å². The Balaban J connectivity index is 2.09. The number of likely N-dealkylation sites (N-methyl/N-ethyl adjacent to an activating group) is 1. The molecule has 1 heterocycles. The molecule has 0 aromatic heterocycles. The fourth-order valence-corrected chi connectivity index (χ4v) is 3.12. The molecule has 1 unspecified atom stereocenters. The summed E-state index contributed by atoms with van der Waals surface area (Å²) in [6.45, 7) is 1.05. The average molecular weight is 311 g/mol. The molecule has 0 radical (unpaired) electrons. The highest BCUT2D eigenvalue weighted by Crippen LogP contribution is 2.38. The summed E-state index contributed by atoms with van der Waals surface area (Å²) in [6.07, 6.45) is -0.979. The van der Waals surface area contributed by atoms with Gasteiger partial charge in [-0.25, -0.2) is 4.79 Å². The summed E-state index contributed by atoms with van der Waals surface area (Å²) in [5.74, 6) is 0. The van der Waals surface area contributed by atoms with Crippen molar-refractivity contribution in [2.75, 3.05) is 20.1 Å². The van der Waals surface area contributed by atoms with E-state index in [1.54, 1.807) is 0 Å². The maximum Gasteiger partial charge on any atom is 0.320 e. The van der Waals surface area contributed by atoms with Crippen LogP contribution in [0.2, 0.25) is 0 Å². The van der Waals surface area contributed by atoms with Crippen molar-refractivity contribution in [3.63, 3.8) is 0 Å². The number of urea groups is 1. The van der Waals surface area contributed by atoms with Crippen LogP contribution in [0.5, 0.6) is 0 Å². The molecule has 1 atom stereocenters. The molecule has 1 aliphatic heterocycles. The third-order valence-corrected chi connectivity index (χ3v) is 4.31. The lowest BCUT2D eigenvalue weighted by Crippen LogP contribution is -2.48. The summed E-state index contributed by atoms with van der Waals surface area (Å²) in [7, 11) is 1.82. The van der Waals surface area contributed by atoms with E-state index in [1.165, 1.54) is 4.90 Å². The molecule has 0 spiro atoms. The van der Waals surface area contributed by atoms with Crippen molar-refractivity contribution >= 4 is 6.03 Å². The SMILES string of the molecule is CNCCN1C(=O)NC(c2ccccc2)(c2ccccc2)C1O. The number of nitrogens with zero attached hydrogens (tertiary/aromatic N) is 1. The van der Waals surface area contributed by atoms with Crippen molar-refractivity contribution in [3.8, 4) is 0 Å². The molecule has 5 nitrogen and oxygen atoms in total. The van der Waals surface area contributed by atoms with Gasteiger partial charge in [0.2, 0.25) is 0 Å². The largest absolute Gasteiger partial charge is 0.370 e. The molecular formula is C18H21N3O2. The quantitative estimate of drug-likeness (QED) is 0.784. The second-order valence-corrected chi connectivity index (χ2v) is 5.64. The van der Waals surface area contributed by atoms with Gasteiger partial charge in [0.1, 0.15) is 5.54 Å². The van der Waals surface area contributed by atoms with Gasteiger partial charge < -0.3 is 15.7 Å². The fraction of sp³-hybridized carbons (Fsp3) is 0.278. The van der Waals surface area contributed by atoms with Crippen LogP contribution in [-0.4, -0.2) is 42.4 Å². The molecule has 5 heteroatoms. The molecule has 2 aromatic rings. The zero-order valence-electron chi connectivity index (χ0n) is 13.1. The van der Waals surface area contributed by atoms with Gasteiger partial charge in [0, 0.05) is 13.1 Å². The summed E-state index contributed by atoms with van der Waals surface area (Å²) >= 11 is 0. The molecule has 2 aromatic carbocycles. The predicted octanol–water partition coefficient (Wildman–Crippen LogP) is 1.49. The van der Waals surface area contributed by atoms with E-state index in [0.717, 1.165) is 11.1 Å². The number of benzene rings is 2. The number of carbonyl (C=O) groups excluding carboxylic acids is 1. The molecular weight excluding hydrogens is 290 g/mol. The van der Waals surface area contributed by atoms with E-state index in [4.69, 9.17) is 0 Å². The van der Waals surface area contributed by atoms with E-state index in [0.29, 0.717) is 13.1 Å². The topological polar surface area (TPSA) is 64.6 Å². The number of hydrogen-bond donors (Lipinski definition) is 3. The Hall–Kier alpha value is -2.37. The lowest BCUT2D eigenvalue weighted by Gasteiger charge is -2.34. The van der Waals surface area contributed by atoms with Gasteiger partial charge in [-0.3, -0.25) is 4.90 Å². The van der Waals surface area contributed by atoms with Crippen LogP contribution in [0, 0.1) is 0 Å². The van der Waals surface area contributed by atoms with Crippen molar-refractivity contribution in [3.05, 3.63) is 71.8 Å². The van der Waals surface area contributed by atoms with E-state index in [-0.39, 0.29) is 6.03 Å². The molecule has 2 amide bonds. The number of nitrogens with one attached hydrogen (secondary N) is 2. The monoisotopic (exact) mass is 311 g/mol. The van der Waals surface area contributed by atoms with Gasteiger partial charge >= 0.3 is 6.03 Å². The van der Waals surface area contributed by atoms with Crippen LogP contribution in [0.1, 0.15) is 11.1 Å². The first-order chi connectivity index (χ1) is 11.2. The first-order valence-electron chi connectivity index (χ1n) is 7.72. The van der Waals surface area contributed by atoms with Gasteiger partial charge in [0.05, 0.1) is 0 Å². The summed E-state index contributed by atoms with van der Waals surface area (Å²) in [4.78, 5) is 13.9. The van der Waals surface area contributed by atoms with E-state index < -0.39 is 11.8 Å². The molecule has 1 saturated heterocycles. The molecule has 1 aliphatic rings. The maximum absolute atomic E-state index is 12.5. The minimum atomic E-state index is -0.979. The van der Waals surface area contributed by atoms with E-state index >= 15 is 0 Å². The Morgan fingerprint density at radius 3 is 2.09 bits per heavy atom. The smallest absolute Gasteiger partial charge is 0.320 e. The maximum atomic E-state index is 12.5. The highest BCUT2D eigenvalue weighted by Gasteiger charge is 2.52. The fourth-order valence-electron chi connectivity index (χ4n) is 3.12. The van der Waals surface area contributed by atoms with Crippen LogP contribution >= 0.6 is 0 Å². The predicted molar refractivity (Wildman–Crippen MR) is 88.8 cm³/mol. The van der Waals surface area contributed by atoms with Crippen molar-refractivity contribution in [1.29, 1.82) is 0 Å². The zero-order valence-corrected chi connectivity index (χ0v) is 13.1. The van der Waals surface area contributed by atoms with Crippen LogP contribution in [0.3, 0.4) is 0 Å². The number of carbonyl (C=O) groups is 1.